The Labute approximate surface area is 153 Å². The Bertz CT molecular complexity index is 831. The lowest BCUT2D eigenvalue weighted by molar-refractivity contribution is 0.376. The van der Waals surface area contributed by atoms with Crippen LogP contribution in [0.3, 0.4) is 0 Å². The number of nitrogens with one attached hydrogen (secondary N) is 3. The van der Waals surface area contributed by atoms with E-state index in [1.165, 1.54) is 0 Å². The fraction of sp³-hybridized carbons (Fsp3) is 0.421. The van der Waals surface area contributed by atoms with E-state index in [4.69, 9.17) is 4.52 Å². The number of aromatic nitrogens is 3. The number of hydrogen-bond acceptors (Lipinski definition) is 4. The second-order valence-electron chi connectivity index (χ2n) is 6.45. The van der Waals surface area contributed by atoms with E-state index in [0.29, 0.717) is 12.5 Å². The number of aromatic amines is 1. The average Bonchev–Trinajstić information content (AvgIpc) is 3.26. The van der Waals surface area contributed by atoms with Crippen LogP contribution in [0.25, 0.3) is 11.0 Å². The van der Waals surface area contributed by atoms with Crippen molar-refractivity contribution in [3.05, 3.63) is 47.6 Å². The van der Waals surface area contributed by atoms with Crippen molar-refractivity contribution in [2.75, 3.05) is 13.1 Å². The van der Waals surface area contributed by atoms with Gasteiger partial charge < -0.3 is 20.1 Å². The Balaban J connectivity index is 1.55. The maximum absolute atomic E-state index is 5.33. The highest BCUT2D eigenvalue weighted by molar-refractivity contribution is 5.79. The third kappa shape index (κ3) is 4.62. The first-order valence-corrected chi connectivity index (χ1v) is 9.07. The highest BCUT2D eigenvalue weighted by Crippen LogP contribution is 2.14. The molecule has 2 aromatic heterocycles. The first-order chi connectivity index (χ1) is 12.7. The standard InChI is InChI=1S/C19H26N6O/c1-4-20-19(22-12-14-11-17(13(2)3)25-26-14)21-10-9-18-23-15-7-5-6-8-16(15)24-18/h5-8,11,13H,4,9-10,12H2,1-3H3,(H,23,24)(H2,20,21,22). The zero-order valence-electron chi connectivity index (χ0n) is 15.5. The smallest absolute Gasteiger partial charge is 0.191 e. The minimum absolute atomic E-state index is 0.353. The van der Waals surface area contributed by atoms with Gasteiger partial charge in [-0.25, -0.2) is 9.98 Å². The number of hydrogen-bond donors (Lipinski definition) is 3. The molecule has 0 saturated heterocycles. The fourth-order valence-electron chi connectivity index (χ4n) is 2.60. The summed E-state index contributed by atoms with van der Waals surface area (Å²) in [5, 5.41) is 10.6. The number of benzene rings is 1. The predicted octanol–water partition coefficient (Wildman–Crippen LogP) is 2.97. The summed E-state index contributed by atoms with van der Waals surface area (Å²) in [4.78, 5) is 12.5. The molecule has 0 unspecified atom stereocenters. The largest absolute Gasteiger partial charge is 0.359 e. The van der Waals surface area contributed by atoms with Crippen LogP contribution in [-0.4, -0.2) is 34.2 Å². The molecule has 0 spiro atoms. The molecule has 3 aromatic rings. The van der Waals surface area contributed by atoms with Crippen molar-refractivity contribution >= 4 is 17.0 Å². The predicted molar refractivity (Wildman–Crippen MR) is 103 cm³/mol. The van der Waals surface area contributed by atoms with Crippen molar-refractivity contribution in [2.45, 2.75) is 39.7 Å². The van der Waals surface area contributed by atoms with Crippen molar-refractivity contribution in [3.8, 4) is 0 Å². The van der Waals surface area contributed by atoms with E-state index in [9.17, 15) is 0 Å². The fourth-order valence-corrected chi connectivity index (χ4v) is 2.60. The molecule has 0 amide bonds. The van der Waals surface area contributed by atoms with Crippen molar-refractivity contribution in [3.63, 3.8) is 0 Å². The molecule has 0 atom stereocenters. The Morgan fingerprint density at radius 2 is 2.12 bits per heavy atom. The Hall–Kier alpha value is -2.83. The third-order valence-corrected chi connectivity index (χ3v) is 4.00. The second-order valence-corrected chi connectivity index (χ2v) is 6.45. The molecule has 0 aliphatic carbocycles. The zero-order valence-corrected chi connectivity index (χ0v) is 15.5. The van der Waals surface area contributed by atoms with Gasteiger partial charge in [0.2, 0.25) is 0 Å². The summed E-state index contributed by atoms with van der Waals surface area (Å²) in [5.41, 5.74) is 3.02. The molecular formula is C19H26N6O. The van der Waals surface area contributed by atoms with Crippen LogP contribution < -0.4 is 10.6 Å². The minimum Gasteiger partial charge on any atom is -0.359 e. The van der Waals surface area contributed by atoms with Crippen LogP contribution in [0.4, 0.5) is 0 Å². The van der Waals surface area contributed by atoms with Crippen LogP contribution in [0.5, 0.6) is 0 Å². The van der Waals surface area contributed by atoms with Gasteiger partial charge in [-0.05, 0) is 25.0 Å². The molecule has 0 radical (unpaired) electrons. The van der Waals surface area contributed by atoms with Crippen LogP contribution in [0.15, 0.2) is 39.8 Å². The minimum atomic E-state index is 0.353. The van der Waals surface area contributed by atoms with E-state index in [2.05, 4.69) is 44.6 Å². The molecular weight excluding hydrogens is 328 g/mol. The molecule has 3 rings (SSSR count). The molecule has 7 heteroatoms. The Morgan fingerprint density at radius 1 is 1.27 bits per heavy atom. The highest BCUT2D eigenvalue weighted by Gasteiger charge is 2.08. The molecule has 0 aliphatic rings. The van der Waals surface area contributed by atoms with Crippen LogP contribution in [0.1, 0.15) is 44.0 Å². The van der Waals surface area contributed by atoms with E-state index in [-0.39, 0.29) is 0 Å². The maximum Gasteiger partial charge on any atom is 0.191 e. The first-order valence-electron chi connectivity index (χ1n) is 9.07. The molecule has 7 nitrogen and oxygen atoms in total. The van der Waals surface area contributed by atoms with Gasteiger partial charge in [-0.3, -0.25) is 0 Å². The monoisotopic (exact) mass is 354 g/mol. The van der Waals surface area contributed by atoms with Gasteiger partial charge in [0.15, 0.2) is 11.7 Å². The van der Waals surface area contributed by atoms with Gasteiger partial charge in [0, 0.05) is 25.6 Å². The van der Waals surface area contributed by atoms with Gasteiger partial charge in [0.05, 0.1) is 16.7 Å². The first kappa shape index (κ1) is 18.0. The number of nitrogens with zero attached hydrogens (tertiary/aromatic N) is 3. The number of imidazole rings is 1. The van der Waals surface area contributed by atoms with Gasteiger partial charge in [-0.15, -0.1) is 0 Å². The van der Waals surface area contributed by atoms with E-state index >= 15 is 0 Å². The average molecular weight is 354 g/mol. The summed E-state index contributed by atoms with van der Waals surface area (Å²) < 4.78 is 5.33. The summed E-state index contributed by atoms with van der Waals surface area (Å²) in [7, 11) is 0. The third-order valence-electron chi connectivity index (χ3n) is 4.00. The van der Waals surface area contributed by atoms with Crippen LogP contribution in [0.2, 0.25) is 0 Å². The van der Waals surface area contributed by atoms with Crippen molar-refractivity contribution in [1.82, 2.24) is 25.8 Å². The number of para-hydroxylation sites is 2. The number of guanidine groups is 1. The number of fused-ring (bicyclic) bond motifs is 1. The number of H-pyrrole nitrogens is 1. The molecule has 0 saturated carbocycles. The van der Waals surface area contributed by atoms with E-state index in [1.807, 2.05) is 37.3 Å². The van der Waals surface area contributed by atoms with Gasteiger partial charge in [0.25, 0.3) is 0 Å². The molecule has 2 heterocycles. The van der Waals surface area contributed by atoms with Crippen LogP contribution in [0, 0.1) is 0 Å². The molecule has 3 N–H and O–H groups in total. The summed E-state index contributed by atoms with van der Waals surface area (Å²) >= 11 is 0. The van der Waals surface area contributed by atoms with E-state index in [0.717, 1.165) is 53.8 Å². The maximum atomic E-state index is 5.33. The molecule has 0 aliphatic heterocycles. The van der Waals surface area contributed by atoms with Gasteiger partial charge >= 0.3 is 0 Å². The second kappa shape index (κ2) is 8.51. The summed E-state index contributed by atoms with van der Waals surface area (Å²) in [5.74, 6) is 2.84. The molecule has 1 aromatic carbocycles. The van der Waals surface area contributed by atoms with Crippen molar-refractivity contribution in [2.24, 2.45) is 4.99 Å². The Kier molecular flexibility index (Phi) is 5.88. The van der Waals surface area contributed by atoms with E-state index < -0.39 is 0 Å². The molecule has 0 fully saturated rings. The summed E-state index contributed by atoms with van der Waals surface area (Å²) in [6.07, 6.45) is 0.791. The normalized spacial score (nSPS) is 12.1. The topological polar surface area (TPSA) is 91.1 Å². The Morgan fingerprint density at radius 3 is 2.85 bits per heavy atom. The molecule has 138 valence electrons. The van der Waals surface area contributed by atoms with Gasteiger partial charge in [0.1, 0.15) is 12.4 Å². The molecule has 26 heavy (non-hydrogen) atoms. The lowest BCUT2D eigenvalue weighted by atomic mass is 10.1. The van der Waals surface area contributed by atoms with Gasteiger partial charge in [-0.2, -0.15) is 0 Å². The van der Waals surface area contributed by atoms with Crippen LogP contribution >= 0.6 is 0 Å². The molecule has 0 bridgehead atoms. The summed E-state index contributed by atoms with van der Waals surface area (Å²) in [6.45, 7) is 8.22. The lowest BCUT2D eigenvalue weighted by Crippen LogP contribution is -2.38. The highest BCUT2D eigenvalue weighted by atomic mass is 16.5. The lowest BCUT2D eigenvalue weighted by Gasteiger charge is -2.10. The van der Waals surface area contributed by atoms with E-state index in [1.54, 1.807) is 0 Å². The SMILES string of the molecule is CCNC(=NCc1cc(C(C)C)no1)NCCc1nc2ccccc2[nH]1. The van der Waals surface area contributed by atoms with Crippen molar-refractivity contribution in [1.29, 1.82) is 0 Å². The zero-order chi connectivity index (χ0) is 18.4. The number of rotatable bonds is 7. The van der Waals surface area contributed by atoms with Crippen LogP contribution in [-0.2, 0) is 13.0 Å². The summed E-state index contributed by atoms with van der Waals surface area (Å²) in [6, 6.07) is 10.0. The number of aliphatic imine (C=N–C) groups is 1. The van der Waals surface area contributed by atoms with Crippen molar-refractivity contribution < 1.29 is 4.52 Å². The quantitative estimate of drug-likeness (QED) is 0.448. The van der Waals surface area contributed by atoms with Gasteiger partial charge in [-0.1, -0.05) is 31.1 Å².